The standard InChI is InChI=1S/C16H14F2N4/c17-12-6-7-14(18)13(8-12)16-20-15(9-19)22(21-16)10-11-4-2-1-3-5-11/h1-8H,9-10,19H2. The first kappa shape index (κ1) is 14.3. The summed E-state index contributed by atoms with van der Waals surface area (Å²) in [6.07, 6.45) is 0. The fraction of sp³-hybridized carbons (Fsp3) is 0.125. The molecular formula is C16H14F2N4. The van der Waals surface area contributed by atoms with Crippen molar-refractivity contribution in [3.63, 3.8) is 0 Å². The molecule has 6 heteroatoms. The fourth-order valence-corrected chi connectivity index (χ4v) is 2.19. The Morgan fingerprint density at radius 3 is 2.55 bits per heavy atom. The molecule has 4 nitrogen and oxygen atoms in total. The summed E-state index contributed by atoms with van der Waals surface area (Å²) in [6, 6.07) is 12.9. The molecule has 0 saturated carbocycles. The second kappa shape index (κ2) is 6.03. The fourth-order valence-electron chi connectivity index (χ4n) is 2.19. The summed E-state index contributed by atoms with van der Waals surface area (Å²) in [5, 5.41) is 4.27. The van der Waals surface area contributed by atoms with Crippen LogP contribution in [-0.2, 0) is 13.1 Å². The van der Waals surface area contributed by atoms with Gasteiger partial charge in [0.2, 0.25) is 0 Å². The highest BCUT2D eigenvalue weighted by Gasteiger charge is 2.15. The van der Waals surface area contributed by atoms with Crippen LogP contribution in [0.5, 0.6) is 0 Å². The number of halogens is 2. The quantitative estimate of drug-likeness (QED) is 0.806. The molecule has 0 spiro atoms. The van der Waals surface area contributed by atoms with E-state index in [1.54, 1.807) is 4.68 Å². The van der Waals surface area contributed by atoms with E-state index in [1.165, 1.54) is 0 Å². The van der Waals surface area contributed by atoms with Gasteiger partial charge in [-0.15, -0.1) is 0 Å². The molecule has 1 heterocycles. The van der Waals surface area contributed by atoms with Crippen LogP contribution in [0.2, 0.25) is 0 Å². The van der Waals surface area contributed by atoms with Crippen molar-refractivity contribution in [3.05, 3.63) is 71.6 Å². The minimum absolute atomic E-state index is 0.0292. The molecule has 0 atom stereocenters. The molecule has 0 aliphatic heterocycles. The minimum atomic E-state index is -0.568. The first-order valence-corrected chi connectivity index (χ1v) is 6.80. The number of rotatable bonds is 4. The molecule has 0 aliphatic rings. The van der Waals surface area contributed by atoms with Gasteiger partial charge in [-0.2, -0.15) is 5.10 Å². The number of nitrogens with zero attached hydrogens (tertiary/aromatic N) is 3. The molecule has 3 aromatic rings. The van der Waals surface area contributed by atoms with Crippen molar-refractivity contribution < 1.29 is 8.78 Å². The summed E-state index contributed by atoms with van der Waals surface area (Å²) in [5.41, 5.74) is 6.72. The van der Waals surface area contributed by atoms with Crippen molar-refractivity contribution in [1.29, 1.82) is 0 Å². The number of hydrogen-bond donors (Lipinski definition) is 1. The van der Waals surface area contributed by atoms with E-state index in [2.05, 4.69) is 10.1 Å². The molecule has 0 bridgehead atoms. The zero-order chi connectivity index (χ0) is 15.5. The van der Waals surface area contributed by atoms with Crippen molar-refractivity contribution in [2.45, 2.75) is 13.1 Å². The number of nitrogens with two attached hydrogens (primary N) is 1. The van der Waals surface area contributed by atoms with Gasteiger partial charge in [-0.25, -0.2) is 18.4 Å². The van der Waals surface area contributed by atoms with Crippen LogP contribution in [-0.4, -0.2) is 14.8 Å². The number of hydrogen-bond acceptors (Lipinski definition) is 3. The molecule has 112 valence electrons. The SMILES string of the molecule is NCc1nc(-c2cc(F)ccc2F)nn1Cc1ccccc1. The maximum Gasteiger partial charge on any atom is 0.184 e. The minimum Gasteiger partial charge on any atom is -0.324 e. The molecule has 0 radical (unpaired) electrons. The highest BCUT2D eigenvalue weighted by Crippen LogP contribution is 2.21. The molecule has 0 unspecified atom stereocenters. The van der Waals surface area contributed by atoms with Gasteiger partial charge in [0.15, 0.2) is 5.82 Å². The Kier molecular flexibility index (Phi) is 3.93. The second-order valence-electron chi connectivity index (χ2n) is 4.82. The summed E-state index contributed by atoms with van der Waals surface area (Å²) >= 11 is 0. The van der Waals surface area contributed by atoms with E-state index in [0.29, 0.717) is 12.4 Å². The van der Waals surface area contributed by atoms with Crippen molar-refractivity contribution in [2.24, 2.45) is 5.73 Å². The lowest BCUT2D eigenvalue weighted by Gasteiger charge is -2.04. The highest BCUT2D eigenvalue weighted by atomic mass is 19.1. The zero-order valence-corrected chi connectivity index (χ0v) is 11.7. The molecule has 2 N–H and O–H groups in total. The Labute approximate surface area is 126 Å². The molecule has 0 amide bonds. The maximum atomic E-state index is 13.8. The Morgan fingerprint density at radius 2 is 1.82 bits per heavy atom. The molecule has 1 aromatic heterocycles. The van der Waals surface area contributed by atoms with Crippen LogP contribution in [0.4, 0.5) is 8.78 Å². The summed E-state index contributed by atoms with van der Waals surface area (Å²) in [4.78, 5) is 4.22. The van der Waals surface area contributed by atoms with Gasteiger partial charge in [-0.1, -0.05) is 30.3 Å². The predicted molar refractivity (Wildman–Crippen MR) is 78.8 cm³/mol. The molecule has 3 rings (SSSR count). The molecule has 0 saturated heterocycles. The van der Waals surface area contributed by atoms with Gasteiger partial charge >= 0.3 is 0 Å². The van der Waals surface area contributed by atoms with Crippen molar-refractivity contribution >= 4 is 0 Å². The smallest absolute Gasteiger partial charge is 0.184 e. The van der Waals surface area contributed by atoms with Crippen LogP contribution in [0.25, 0.3) is 11.4 Å². The summed E-state index contributed by atoms with van der Waals surface area (Å²) < 4.78 is 28.8. The summed E-state index contributed by atoms with van der Waals surface area (Å²) in [5.74, 6) is -0.456. The van der Waals surface area contributed by atoms with E-state index in [-0.39, 0.29) is 17.9 Å². The van der Waals surface area contributed by atoms with E-state index >= 15 is 0 Å². The van der Waals surface area contributed by atoms with Crippen LogP contribution in [0.15, 0.2) is 48.5 Å². The first-order chi connectivity index (χ1) is 10.7. The average molecular weight is 300 g/mol. The van der Waals surface area contributed by atoms with Crippen LogP contribution < -0.4 is 5.73 Å². The summed E-state index contributed by atoms with van der Waals surface area (Å²) in [6.45, 7) is 0.633. The van der Waals surface area contributed by atoms with Crippen LogP contribution in [0, 0.1) is 11.6 Å². The Morgan fingerprint density at radius 1 is 1.05 bits per heavy atom. The third-order valence-electron chi connectivity index (χ3n) is 3.28. The van der Waals surface area contributed by atoms with E-state index in [0.717, 1.165) is 23.8 Å². The summed E-state index contributed by atoms with van der Waals surface area (Å²) in [7, 11) is 0. The van der Waals surface area contributed by atoms with Gasteiger partial charge < -0.3 is 5.73 Å². The molecule has 22 heavy (non-hydrogen) atoms. The molecule has 0 fully saturated rings. The highest BCUT2D eigenvalue weighted by molar-refractivity contribution is 5.55. The van der Waals surface area contributed by atoms with Gasteiger partial charge in [0.1, 0.15) is 17.5 Å². The molecular weight excluding hydrogens is 286 g/mol. The van der Waals surface area contributed by atoms with Crippen molar-refractivity contribution in [1.82, 2.24) is 14.8 Å². The van der Waals surface area contributed by atoms with E-state index < -0.39 is 11.6 Å². The van der Waals surface area contributed by atoms with E-state index in [4.69, 9.17) is 5.73 Å². The lowest BCUT2D eigenvalue weighted by Crippen LogP contribution is -2.10. The second-order valence-corrected chi connectivity index (χ2v) is 4.82. The van der Waals surface area contributed by atoms with Crippen molar-refractivity contribution in [3.8, 4) is 11.4 Å². The van der Waals surface area contributed by atoms with Gasteiger partial charge in [0, 0.05) is 0 Å². The van der Waals surface area contributed by atoms with Crippen LogP contribution >= 0.6 is 0 Å². The van der Waals surface area contributed by atoms with Crippen molar-refractivity contribution in [2.75, 3.05) is 0 Å². The Balaban J connectivity index is 1.99. The van der Waals surface area contributed by atoms with Gasteiger partial charge in [-0.3, -0.25) is 0 Å². The van der Waals surface area contributed by atoms with Crippen LogP contribution in [0.1, 0.15) is 11.4 Å². The van der Waals surface area contributed by atoms with E-state index in [9.17, 15) is 8.78 Å². The third-order valence-corrected chi connectivity index (χ3v) is 3.28. The van der Waals surface area contributed by atoms with E-state index in [1.807, 2.05) is 30.3 Å². The normalized spacial score (nSPS) is 10.9. The third kappa shape index (κ3) is 2.87. The Hall–Kier alpha value is -2.60. The lowest BCUT2D eigenvalue weighted by atomic mass is 10.2. The van der Waals surface area contributed by atoms with Crippen LogP contribution in [0.3, 0.4) is 0 Å². The van der Waals surface area contributed by atoms with Gasteiger partial charge in [-0.05, 0) is 23.8 Å². The number of aromatic nitrogens is 3. The Bertz CT molecular complexity index is 784. The predicted octanol–water partition coefficient (Wildman–Crippen LogP) is 2.73. The zero-order valence-electron chi connectivity index (χ0n) is 11.7. The maximum absolute atomic E-state index is 13.8. The largest absolute Gasteiger partial charge is 0.324 e. The monoisotopic (exact) mass is 300 g/mol. The van der Waals surface area contributed by atoms with Gasteiger partial charge in [0.05, 0.1) is 18.7 Å². The first-order valence-electron chi connectivity index (χ1n) is 6.80. The number of benzene rings is 2. The average Bonchev–Trinajstić information content (AvgIpc) is 2.93. The topological polar surface area (TPSA) is 56.7 Å². The van der Waals surface area contributed by atoms with Gasteiger partial charge in [0.25, 0.3) is 0 Å². The molecule has 2 aromatic carbocycles. The lowest BCUT2D eigenvalue weighted by molar-refractivity contribution is 0.601. The molecule has 0 aliphatic carbocycles.